The van der Waals surface area contributed by atoms with E-state index in [2.05, 4.69) is 11.8 Å². The van der Waals surface area contributed by atoms with Crippen LogP contribution in [0.2, 0.25) is 0 Å². The van der Waals surface area contributed by atoms with E-state index in [-0.39, 0.29) is 0 Å². The number of likely N-dealkylation sites (tertiary alicyclic amines) is 1. The Hall–Kier alpha value is -0.570. The van der Waals surface area contributed by atoms with Gasteiger partial charge in [0.1, 0.15) is 0 Å². The van der Waals surface area contributed by atoms with Gasteiger partial charge in [0.2, 0.25) is 5.91 Å². The highest BCUT2D eigenvalue weighted by Gasteiger charge is 2.24. The summed E-state index contributed by atoms with van der Waals surface area (Å²) in [6.07, 6.45) is 11.9. The summed E-state index contributed by atoms with van der Waals surface area (Å²) in [4.78, 5) is 14.1. The van der Waals surface area contributed by atoms with Gasteiger partial charge in [-0.05, 0) is 31.7 Å². The number of rotatable bonds is 10. The maximum Gasteiger partial charge on any atom is 0.222 e. The van der Waals surface area contributed by atoms with Gasteiger partial charge in [0.25, 0.3) is 0 Å². The quantitative estimate of drug-likeness (QED) is 0.618. The first-order valence-electron chi connectivity index (χ1n) is 8.25. The molecule has 1 unspecified atom stereocenters. The van der Waals surface area contributed by atoms with E-state index in [9.17, 15) is 4.79 Å². The predicted octanol–water partition coefficient (Wildman–Crippen LogP) is 3.32. The van der Waals surface area contributed by atoms with Gasteiger partial charge in [0.05, 0.1) is 0 Å². The highest BCUT2D eigenvalue weighted by molar-refractivity contribution is 5.76. The SMILES string of the molecule is CCCCCCCCCC(=O)N1CCC(CCN)C1. The molecule has 0 aliphatic carbocycles. The molecule has 0 spiro atoms. The highest BCUT2D eigenvalue weighted by Crippen LogP contribution is 2.20. The van der Waals surface area contributed by atoms with Crippen molar-refractivity contribution in [3.05, 3.63) is 0 Å². The standard InChI is InChI=1S/C16H32N2O/c1-2-3-4-5-6-7-8-9-16(19)18-13-11-15(14-18)10-12-17/h15H,2-14,17H2,1H3. The van der Waals surface area contributed by atoms with Gasteiger partial charge in [-0.2, -0.15) is 0 Å². The van der Waals surface area contributed by atoms with E-state index in [1.165, 1.54) is 38.5 Å². The van der Waals surface area contributed by atoms with Crippen LogP contribution in [0.25, 0.3) is 0 Å². The fourth-order valence-electron chi connectivity index (χ4n) is 2.92. The van der Waals surface area contributed by atoms with E-state index in [1.807, 2.05) is 0 Å². The third-order valence-electron chi connectivity index (χ3n) is 4.21. The van der Waals surface area contributed by atoms with Crippen molar-refractivity contribution in [3.8, 4) is 0 Å². The minimum atomic E-state index is 0.369. The average Bonchev–Trinajstić information content (AvgIpc) is 2.87. The first-order valence-corrected chi connectivity index (χ1v) is 8.25. The third kappa shape index (κ3) is 6.95. The smallest absolute Gasteiger partial charge is 0.222 e. The van der Waals surface area contributed by atoms with Crippen molar-refractivity contribution in [3.63, 3.8) is 0 Å². The minimum Gasteiger partial charge on any atom is -0.342 e. The Bertz CT molecular complexity index is 243. The maximum atomic E-state index is 12.0. The predicted molar refractivity (Wildman–Crippen MR) is 81.0 cm³/mol. The van der Waals surface area contributed by atoms with E-state index >= 15 is 0 Å². The number of nitrogens with two attached hydrogens (primary N) is 1. The zero-order chi connectivity index (χ0) is 13.9. The largest absolute Gasteiger partial charge is 0.342 e. The van der Waals surface area contributed by atoms with E-state index in [4.69, 9.17) is 5.73 Å². The molecule has 1 heterocycles. The monoisotopic (exact) mass is 268 g/mol. The van der Waals surface area contributed by atoms with E-state index in [0.717, 1.165) is 45.3 Å². The van der Waals surface area contributed by atoms with Crippen LogP contribution in [0.4, 0.5) is 0 Å². The maximum absolute atomic E-state index is 12.0. The number of nitrogens with zero attached hydrogens (tertiary/aromatic N) is 1. The number of carbonyl (C=O) groups excluding carboxylic acids is 1. The van der Waals surface area contributed by atoms with Crippen molar-refractivity contribution in [2.45, 2.75) is 71.1 Å². The molecule has 2 N–H and O–H groups in total. The number of hydrogen-bond donors (Lipinski definition) is 1. The van der Waals surface area contributed by atoms with Gasteiger partial charge in [-0.3, -0.25) is 4.79 Å². The highest BCUT2D eigenvalue weighted by atomic mass is 16.2. The van der Waals surface area contributed by atoms with Crippen LogP contribution in [0.1, 0.15) is 71.1 Å². The summed E-state index contributed by atoms with van der Waals surface area (Å²) < 4.78 is 0. The Morgan fingerprint density at radius 1 is 1.16 bits per heavy atom. The van der Waals surface area contributed by atoms with Gasteiger partial charge in [0.15, 0.2) is 0 Å². The van der Waals surface area contributed by atoms with Gasteiger partial charge < -0.3 is 10.6 Å². The summed E-state index contributed by atoms with van der Waals surface area (Å²) in [5.41, 5.74) is 5.57. The van der Waals surface area contributed by atoms with Gasteiger partial charge >= 0.3 is 0 Å². The lowest BCUT2D eigenvalue weighted by molar-refractivity contribution is -0.130. The second kappa shape index (κ2) is 10.2. The summed E-state index contributed by atoms with van der Waals surface area (Å²) in [6, 6.07) is 0. The number of carbonyl (C=O) groups is 1. The molecule has 1 rings (SSSR count). The Balaban J connectivity index is 1.99. The Morgan fingerprint density at radius 3 is 2.53 bits per heavy atom. The van der Waals surface area contributed by atoms with Crippen molar-refractivity contribution in [1.29, 1.82) is 0 Å². The van der Waals surface area contributed by atoms with Crippen LogP contribution >= 0.6 is 0 Å². The number of unbranched alkanes of at least 4 members (excludes halogenated alkanes) is 6. The van der Waals surface area contributed by atoms with Crippen LogP contribution in [0.15, 0.2) is 0 Å². The van der Waals surface area contributed by atoms with Gasteiger partial charge in [-0.25, -0.2) is 0 Å². The minimum absolute atomic E-state index is 0.369. The molecule has 1 atom stereocenters. The number of hydrogen-bond acceptors (Lipinski definition) is 2. The first-order chi connectivity index (χ1) is 9.27. The lowest BCUT2D eigenvalue weighted by atomic mass is 10.1. The molecule has 0 aromatic rings. The van der Waals surface area contributed by atoms with Crippen LogP contribution in [0, 0.1) is 5.92 Å². The molecule has 3 nitrogen and oxygen atoms in total. The number of amides is 1. The molecular formula is C16H32N2O. The molecule has 0 bridgehead atoms. The summed E-state index contributed by atoms with van der Waals surface area (Å²) in [7, 11) is 0. The second-order valence-electron chi connectivity index (χ2n) is 5.94. The summed E-state index contributed by atoms with van der Waals surface area (Å²) in [5.74, 6) is 1.02. The fraction of sp³-hybridized carbons (Fsp3) is 0.938. The van der Waals surface area contributed by atoms with Gasteiger partial charge in [-0.1, -0.05) is 45.4 Å². The molecule has 0 aromatic heterocycles. The van der Waals surface area contributed by atoms with Gasteiger partial charge in [0, 0.05) is 19.5 Å². The van der Waals surface area contributed by atoms with E-state index in [1.54, 1.807) is 0 Å². The molecule has 1 aliphatic rings. The van der Waals surface area contributed by atoms with E-state index < -0.39 is 0 Å². The Morgan fingerprint density at radius 2 is 1.84 bits per heavy atom. The molecule has 0 aromatic carbocycles. The zero-order valence-corrected chi connectivity index (χ0v) is 12.7. The topological polar surface area (TPSA) is 46.3 Å². The van der Waals surface area contributed by atoms with Gasteiger partial charge in [-0.15, -0.1) is 0 Å². The Kier molecular flexibility index (Phi) is 8.89. The molecular weight excluding hydrogens is 236 g/mol. The first kappa shape index (κ1) is 16.5. The third-order valence-corrected chi connectivity index (χ3v) is 4.21. The van der Waals surface area contributed by atoms with Crippen molar-refractivity contribution in [1.82, 2.24) is 4.90 Å². The van der Waals surface area contributed by atoms with Crippen molar-refractivity contribution >= 4 is 5.91 Å². The van der Waals surface area contributed by atoms with Crippen LogP contribution in [-0.2, 0) is 4.79 Å². The molecule has 1 aliphatic heterocycles. The summed E-state index contributed by atoms with van der Waals surface area (Å²) >= 11 is 0. The molecule has 0 saturated carbocycles. The van der Waals surface area contributed by atoms with E-state index in [0.29, 0.717) is 11.8 Å². The van der Waals surface area contributed by atoms with Crippen molar-refractivity contribution in [2.24, 2.45) is 11.7 Å². The normalized spacial score (nSPS) is 19.1. The van der Waals surface area contributed by atoms with Crippen LogP contribution < -0.4 is 5.73 Å². The van der Waals surface area contributed by atoms with Crippen LogP contribution in [0.3, 0.4) is 0 Å². The zero-order valence-electron chi connectivity index (χ0n) is 12.7. The molecule has 3 heteroatoms. The molecule has 1 amide bonds. The van der Waals surface area contributed by atoms with Crippen LogP contribution in [-0.4, -0.2) is 30.4 Å². The fourth-order valence-corrected chi connectivity index (χ4v) is 2.92. The van der Waals surface area contributed by atoms with Crippen molar-refractivity contribution < 1.29 is 4.79 Å². The molecule has 0 radical (unpaired) electrons. The lowest BCUT2D eigenvalue weighted by Crippen LogP contribution is -2.28. The summed E-state index contributed by atoms with van der Waals surface area (Å²) in [6.45, 7) is 4.91. The van der Waals surface area contributed by atoms with Crippen molar-refractivity contribution in [2.75, 3.05) is 19.6 Å². The van der Waals surface area contributed by atoms with Crippen LogP contribution in [0.5, 0.6) is 0 Å². The molecule has 19 heavy (non-hydrogen) atoms. The lowest BCUT2D eigenvalue weighted by Gasteiger charge is -2.16. The Labute approximate surface area is 118 Å². The molecule has 112 valence electrons. The summed E-state index contributed by atoms with van der Waals surface area (Å²) in [5, 5.41) is 0. The molecule has 1 fully saturated rings. The second-order valence-corrected chi connectivity index (χ2v) is 5.94. The molecule has 1 saturated heterocycles. The average molecular weight is 268 g/mol.